The molecule has 0 saturated carbocycles. The Bertz CT molecular complexity index is 622. The summed E-state index contributed by atoms with van der Waals surface area (Å²) in [6, 6.07) is 5.21. The van der Waals surface area contributed by atoms with Gasteiger partial charge in [0.05, 0.1) is 0 Å². The lowest BCUT2D eigenvalue weighted by atomic mass is 10.2. The molecule has 24 heavy (non-hydrogen) atoms. The highest BCUT2D eigenvalue weighted by Gasteiger charge is 2.31. The zero-order valence-corrected chi connectivity index (χ0v) is 13.6. The molecule has 1 saturated heterocycles. The van der Waals surface area contributed by atoms with E-state index in [-0.39, 0.29) is 25.3 Å². The number of ether oxygens (including phenoxy) is 3. The average Bonchev–Trinajstić information content (AvgIpc) is 3.18. The second-order valence-corrected chi connectivity index (χ2v) is 5.59. The Kier molecular flexibility index (Phi) is 5.05. The number of carbonyl (C=O) groups is 2. The van der Waals surface area contributed by atoms with Crippen molar-refractivity contribution in [2.24, 2.45) is 0 Å². The third kappa shape index (κ3) is 3.53. The number of fused-ring (bicyclic) bond motifs is 1. The number of nitrogens with zero attached hydrogens (tertiary/aromatic N) is 2. The first kappa shape index (κ1) is 16.4. The van der Waals surface area contributed by atoms with Crippen molar-refractivity contribution in [2.45, 2.75) is 6.42 Å². The maximum atomic E-state index is 12.5. The molecule has 3 rings (SSSR count). The van der Waals surface area contributed by atoms with Gasteiger partial charge in [0.15, 0.2) is 11.5 Å². The molecule has 0 spiro atoms. The Morgan fingerprint density at radius 2 is 2.12 bits per heavy atom. The van der Waals surface area contributed by atoms with E-state index in [0.29, 0.717) is 37.7 Å². The van der Waals surface area contributed by atoms with Gasteiger partial charge in [-0.1, -0.05) is 0 Å². The number of hydrogen-bond donors (Lipinski definition) is 1. The van der Waals surface area contributed by atoms with Gasteiger partial charge in [-0.05, 0) is 18.6 Å². The first-order chi connectivity index (χ1) is 11.7. The van der Waals surface area contributed by atoms with E-state index in [1.54, 1.807) is 24.1 Å². The molecule has 1 fully saturated rings. The van der Waals surface area contributed by atoms with Crippen LogP contribution >= 0.6 is 0 Å². The van der Waals surface area contributed by atoms with Crippen molar-refractivity contribution in [3.63, 3.8) is 0 Å². The van der Waals surface area contributed by atoms with Crippen LogP contribution in [0.15, 0.2) is 18.2 Å². The second-order valence-electron chi connectivity index (χ2n) is 5.59. The number of anilines is 1. The highest BCUT2D eigenvalue weighted by atomic mass is 16.7. The molecular weight excluding hydrogens is 314 g/mol. The second kappa shape index (κ2) is 7.39. The van der Waals surface area contributed by atoms with Crippen molar-refractivity contribution in [2.75, 3.05) is 51.6 Å². The maximum Gasteiger partial charge on any atom is 0.325 e. The summed E-state index contributed by atoms with van der Waals surface area (Å²) in [6.07, 6.45) is 0.750. The number of hydrogen-bond acceptors (Lipinski definition) is 5. The van der Waals surface area contributed by atoms with Gasteiger partial charge in [-0.2, -0.15) is 0 Å². The Balaban J connectivity index is 1.54. The average molecular weight is 335 g/mol. The number of nitrogens with one attached hydrogen (secondary N) is 1. The number of amides is 3. The van der Waals surface area contributed by atoms with Crippen molar-refractivity contribution in [3.05, 3.63) is 18.2 Å². The molecule has 1 N–H and O–H groups in total. The van der Waals surface area contributed by atoms with Crippen molar-refractivity contribution < 1.29 is 23.8 Å². The summed E-state index contributed by atoms with van der Waals surface area (Å²) in [4.78, 5) is 27.6. The van der Waals surface area contributed by atoms with Crippen LogP contribution in [0, 0.1) is 0 Å². The number of benzene rings is 1. The highest BCUT2D eigenvalue weighted by Crippen LogP contribution is 2.36. The van der Waals surface area contributed by atoms with Gasteiger partial charge in [0.25, 0.3) is 0 Å². The molecule has 2 aliphatic heterocycles. The van der Waals surface area contributed by atoms with Gasteiger partial charge in [-0.25, -0.2) is 4.79 Å². The summed E-state index contributed by atoms with van der Waals surface area (Å²) in [5, 5.41) is 2.79. The molecule has 8 nitrogen and oxygen atoms in total. The molecule has 1 aromatic carbocycles. The normalized spacial score (nSPS) is 16.0. The first-order valence-electron chi connectivity index (χ1n) is 7.91. The Hall–Kier alpha value is -2.48. The summed E-state index contributed by atoms with van der Waals surface area (Å²) in [5.41, 5.74) is 0.743. The van der Waals surface area contributed by atoms with E-state index in [2.05, 4.69) is 5.32 Å². The van der Waals surface area contributed by atoms with Crippen LogP contribution in [0.3, 0.4) is 0 Å². The van der Waals surface area contributed by atoms with Crippen LogP contribution in [-0.4, -0.2) is 63.5 Å². The van der Waals surface area contributed by atoms with Gasteiger partial charge in [0.2, 0.25) is 12.7 Å². The molecule has 0 radical (unpaired) electrons. The molecule has 0 unspecified atom stereocenters. The van der Waals surface area contributed by atoms with E-state index in [0.717, 1.165) is 12.1 Å². The largest absolute Gasteiger partial charge is 0.454 e. The SMILES string of the molecule is COCCCNC(=O)CN1CCN(c2ccc3c(c2)OCO3)C1=O. The van der Waals surface area contributed by atoms with Crippen molar-refractivity contribution in [1.29, 1.82) is 0 Å². The monoisotopic (exact) mass is 335 g/mol. The number of methoxy groups -OCH3 is 1. The summed E-state index contributed by atoms with van der Waals surface area (Å²) < 4.78 is 15.5. The Labute approximate surface area is 140 Å². The summed E-state index contributed by atoms with van der Waals surface area (Å²) in [5.74, 6) is 1.15. The quantitative estimate of drug-likeness (QED) is 0.746. The van der Waals surface area contributed by atoms with Crippen LogP contribution in [0.2, 0.25) is 0 Å². The molecule has 3 amide bonds. The van der Waals surface area contributed by atoms with Crippen molar-refractivity contribution in [3.8, 4) is 11.5 Å². The van der Waals surface area contributed by atoms with Gasteiger partial charge >= 0.3 is 6.03 Å². The molecule has 0 bridgehead atoms. The van der Waals surface area contributed by atoms with E-state index in [1.807, 2.05) is 6.07 Å². The van der Waals surface area contributed by atoms with Crippen molar-refractivity contribution >= 4 is 17.6 Å². The third-order valence-electron chi connectivity index (χ3n) is 3.94. The third-order valence-corrected chi connectivity index (χ3v) is 3.94. The van der Waals surface area contributed by atoms with Gasteiger partial charge < -0.3 is 24.4 Å². The maximum absolute atomic E-state index is 12.5. The van der Waals surface area contributed by atoms with E-state index in [1.165, 1.54) is 4.90 Å². The van der Waals surface area contributed by atoms with Crippen LogP contribution in [0.1, 0.15) is 6.42 Å². The predicted molar refractivity (Wildman–Crippen MR) is 86.4 cm³/mol. The minimum atomic E-state index is -0.180. The zero-order valence-electron chi connectivity index (χ0n) is 13.6. The molecular formula is C16H21N3O5. The fraction of sp³-hybridized carbons (Fsp3) is 0.500. The summed E-state index contributed by atoms with van der Waals surface area (Å²) >= 11 is 0. The van der Waals surface area contributed by atoms with Gasteiger partial charge in [0.1, 0.15) is 6.54 Å². The van der Waals surface area contributed by atoms with E-state index < -0.39 is 0 Å². The topological polar surface area (TPSA) is 80.3 Å². The lowest BCUT2D eigenvalue weighted by molar-refractivity contribution is -0.121. The van der Waals surface area contributed by atoms with E-state index in [9.17, 15) is 9.59 Å². The van der Waals surface area contributed by atoms with Crippen LogP contribution in [0.4, 0.5) is 10.5 Å². The molecule has 8 heteroatoms. The molecule has 0 atom stereocenters. The first-order valence-corrected chi connectivity index (χ1v) is 7.91. The van der Waals surface area contributed by atoms with Gasteiger partial charge in [-0.15, -0.1) is 0 Å². The fourth-order valence-electron chi connectivity index (χ4n) is 2.70. The van der Waals surface area contributed by atoms with Crippen LogP contribution in [0.5, 0.6) is 11.5 Å². The molecule has 0 aromatic heterocycles. The van der Waals surface area contributed by atoms with Crippen molar-refractivity contribution in [1.82, 2.24) is 10.2 Å². The predicted octanol–water partition coefficient (Wildman–Crippen LogP) is 0.810. The Morgan fingerprint density at radius 3 is 2.96 bits per heavy atom. The minimum absolute atomic E-state index is 0.0624. The number of carbonyl (C=O) groups excluding carboxylic acids is 2. The smallest absolute Gasteiger partial charge is 0.325 e. The summed E-state index contributed by atoms with van der Waals surface area (Å²) in [6.45, 7) is 2.45. The van der Waals surface area contributed by atoms with E-state index in [4.69, 9.17) is 14.2 Å². The van der Waals surface area contributed by atoms with Crippen LogP contribution < -0.4 is 19.7 Å². The lowest BCUT2D eigenvalue weighted by Gasteiger charge is -2.18. The molecule has 1 aromatic rings. The highest BCUT2D eigenvalue weighted by molar-refractivity contribution is 5.96. The molecule has 2 aliphatic rings. The molecule has 0 aliphatic carbocycles. The number of urea groups is 1. The fourth-order valence-corrected chi connectivity index (χ4v) is 2.70. The van der Waals surface area contributed by atoms with Gasteiger partial charge in [-0.3, -0.25) is 9.69 Å². The van der Waals surface area contributed by atoms with Crippen LogP contribution in [-0.2, 0) is 9.53 Å². The lowest BCUT2D eigenvalue weighted by Crippen LogP contribution is -2.40. The molecule has 2 heterocycles. The van der Waals surface area contributed by atoms with Gasteiger partial charge in [0, 0.05) is 45.1 Å². The minimum Gasteiger partial charge on any atom is -0.454 e. The number of rotatable bonds is 7. The summed E-state index contributed by atoms with van der Waals surface area (Å²) in [7, 11) is 1.62. The standard InChI is InChI=1S/C16H21N3O5/c1-22-8-2-5-17-15(20)10-18-6-7-19(16(18)21)12-3-4-13-14(9-12)24-11-23-13/h3-4,9H,2,5-8,10-11H2,1H3,(H,17,20). The van der Waals surface area contributed by atoms with Crippen LogP contribution in [0.25, 0.3) is 0 Å². The Morgan fingerprint density at radius 1 is 1.29 bits per heavy atom. The van der Waals surface area contributed by atoms with E-state index >= 15 is 0 Å². The molecule has 130 valence electrons. The zero-order chi connectivity index (χ0) is 16.9.